The topological polar surface area (TPSA) is 26.3 Å². The quantitative estimate of drug-likeness (QED) is 0.812. The lowest BCUT2D eigenvalue weighted by molar-refractivity contribution is 0.481. The van der Waals surface area contributed by atoms with Crippen molar-refractivity contribution in [3.05, 3.63) is 54.1 Å². The summed E-state index contributed by atoms with van der Waals surface area (Å²) < 4.78 is 17.9. The van der Waals surface area contributed by atoms with E-state index in [4.69, 9.17) is 4.74 Å². The van der Waals surface area contributed by atoms with Gasteiger partial charge in [0.05, 0.1) is 10.8 Å². The van der Waals surface area contributed by atoms with Crippen LogP contribution in [0, 0.1) is 6.92 Å². The molecular weight excluding hydrogens is 256 g/mol. The summed E-state index contributed by atoms with van der Waals surface area (Å²) in [7, 11) is -0.943. The average molecular weight is 274 g/mol. The molecule has 0 N–H and O–H groups in total. The normalized spacial score (nSPS) is 12.1. The van der Waals surface area contributed by atoms with E-state index in [1.807, 2.05) is 62.4 Å². The van der Waals surface area contributed by atoms with Crippen molar-refractivity contribution in [2.75, 3.05) is 5.75 Å². The molecule has 19 heavy (non-hydrogen) atoms. The first-order chi connectivity index (χ1) is 9.20. The minimum atomic E-state index is -0.943. The van der Waals surface area contributed by atoms with Crippen molar-refractivity contribution in [2.24, 2.45) is 0 Å². The van der Waals surface area contributed by atoms with Crippen LogP contribution < -0.4 is 4.74 Å². The summed E-state index contributed by atoms with van der Waals surface area (Å²) in [6.07, 6.45) is 0.913. The predicted octanol–water partition coefficient (Wildman–Crippen LogP) is 4.30. The first kappa shape index (κ1) is 13.8. The number of hydrogen-bond donors (Lipinski definition) is 0. The van der Waals surface area contributed by atoms with Crippen molar-refractivity contribution in [1.29, 1.82) is 0 Å². The van der Waals surface area contributed by atoms with E-state index in [0.29, 0.717) is 5.75 Å². The van der Waals surface area contributed by atoms with E-state index in [9.17, 15) is 4.21 Å². The van der Waals surface area contributed by atoms with Crippen LogP contribution >= 0.6 is 0 Å². The molecule has 0 spiro atoms. The molecule has 0 amide bonds. The maximum absolute atomic E-state index is 12.1. The maximum atomic E-state index is 12.1. The van der Waals surface area contributed by atoms with E-state index in [1.165, 1.54) is 0 Å². The molecule has 100 valence electrons. The van der Waals surface area contributed by atoms with Gasteiger partial charge in [-0.3, -0.25) is 4.21 Å². The van der Waals surface area contributed by atoms with Crippen LogP contribution in [0.2, 0.25) is 0 Å². The molecule has 0 heterocycles. The molecule has 0 bridgehead atoms. The first-order valence-corrected chi connectivity index (χ1v) is 7.74. The van der Waals surface area contributed by atoms with Crippen LogP contribution in [0.5, 0.6) is 11.5 Å². The Labute approximate surface area is 116 Å². The van der Waals surface area contributed by atoms with Gasteiger partial charge >= 0.3 is 0 Å². The molecule has 0 aliphatic rings. The summed E-state index contributed by atoms with van der Waals surface area (Å²) in [6, 6.07) is 15.4. The summed E-state index contributed by atoms with van der Waals surface area (Å²) in [5.74, 6) is 2.21. The van der Waals surface area contributed by atoms with Crippen molar-refractivity contribution in [3.63, 3.8) is 0 Å². The SMILES string of the molecule is CCCS(=O)c1cc(Oc2ccccc2)ccc1C. The summed E-state index contributed by atoms with van der Waals surface area (Å²) >= 11 is 0. The van der Waals surface area contributed by atoms with E-state index in [0.717, 1.165) is 28.4 Å². The molecule has 0 saturated carbocycles. The number of ether oxygens (including phenoxy) is 1. The molecule has 2 aromatic carbocycles. The first-order valence-electron chi connectivity index (χ1n) is 6.42. The molecule has 2 aromatic rings. The average Bonchev–Trinajstić information content (AvgIpc) is 2.42. The smallest absolute Gasteiger partial charge is 0.128 e. The number of para-hydroxylation sites is 1. The largest absolute Gasteiger partial charge is 0.457 e. The second kappa shape index (κ2) is 6.53. The molecule has 0 aromatic heterocycles. The van der Waals surface area contributed by atoms with Gasteiger partial charge in [0.2, 0.25) is 0 Å². The molecule has 1 atom stereocenters. The van der Waals surface area contributed by atoms with Gasteiger partial charge in [-0.25, -0.2) is 0 Å². The zero-order valence-electron chi connectivity index (χ0n) is 11.3. The van der Waals surface area contributed by atoms with Gasteiger partial charge in [-0.1, -0.05) is 31.2 Å². The van der Waals surface area contributed by atoms with Gasteiger partial charge in [-0.15, -0.1) is 0 Å². The van der Waals surface area contributed by atoms with E-state index in [2.05, 4.69) is 0 Å². The minimum Gasteiger partial charge on any atom is -0.457 e. The Hall–Kier alpha value is -1.61. The van der Waals surface area contributed by atoms with E-state index < -0.39 is 10.8 Å². The highest BCUT2D eigenvalue weighted by atomic mass is 32.2. The van der Waals surface area contributed by atoms with Crippen molar-refractivity contribution >= 4 is 10.8 Å². The lowest BCUT2D eigenvalue weighted by Gasteiger charge is -2.09. The zero-order valence-corrected chi connectivity index (χ0v) is 12.1. The Morgan fingerprint density at radius 2 is 1.79 bits per heavy atom. The summed E-state index contributed by atoms with van der Waals surface area (Å²) in [4.78, 5) is 0.871. The van der Waals surface area contributed by atoms with Crippen LogP contribution in [-0.4, -0.2) is 9.96 Å². The lowest BCUT2D eigenvalue weighted by atomic mass is 10.2. The van der Waals surface area contributed by atoms with E-state index in [-0.39, 0.29) is 0 Å². The highest BCUT2D eigenvalue weighted by Crippen LogP contribution is 2.25. The van der Waals surface area contributed by atoms with Crippen LogP contribution in [0.1, 0.15) is 18.9 Å². The third-order valence-corrected chi connectivity index (χ3v) is 4.48. The molecule has 0 aliphatic heterocycles. The summed E-state index contributed by atoms with van der Waals surface area (Å²) in [5.41, 5.74) is 1.05. The standard InChI is InChI=1S/C16H18O2S/c1-3-11-19(17)16-12-15(10-9-13(16)2)18-14-7-5-4-6-8-14/h4-10,12H,3,11H2,1-2H3. The fraction of sp³-hybridized carbons (Fsp3) is 0.250. The number of aryl methyl sites for hydroxylation is 1. The van der Waals surface area contributed by atoms with Gasteiger partial charge in [0.15, 0.2) is 0 Å². The molecular formula is C16H18O2S. The van der Waals surface area contributed by atoms with Crippen molar-refractivity contribution < 1.29 is 8.95 Å². The zero-order chi connectivity index (χ0) is 13.7. The highest BCUT2D eigenvalue weighted by molar-refractivity contribution is 7.85. The Bertz CT molecular complexity index is 564. The molecule has 2 nitrogen and oxygen atoms in total. The van der Waals surface area contributed by atoms with Crippen molar-refractivity contribution in [2.45, 2.75) is 25.2 Å². The fourth-order valence-corrected chi connectivity index (χ4v) is 3.07. The monoisotopic (exact) mass is 274 g/mol. The van der Waals surface area contributed by atoms with Gasteiger partial charge in [0.1, 0.15) is 11.5 Å². The Kier molecular flexibility index (Phi) is 4.74. The fourth-order valence-electron chi connectivity index (χ4n) is 1.81. The van der Waals surface area contributed by atoms with Gasteiger partial charge in [-0.05, 0) is 43.2 Å². The van der Waals surface area contributed by atoms with Gasteiger partial charge in [-0.2, -0.15) is 0 Å². The number of hydrogen-bond acceptors (Lipinski definition) is 2. The third kappa shape index (κ3) is 3.67. The molecule has 2 rings (SSSR count). The van der Waals surface area contributed by atoms with Crippen molar-refractivity contribution in [1.82, 2.24) is 0 Å². The van der Waals surface area contributed by atoms with Crippen LogP contribution in [-0.2, 0) is 10.8 Å². The summed E-state index contributed by atoms with van der Waals surface area (Å²) in [6.45, 7) is 4.02. The second-order valence-corrected chi connectivity index (χ2v) is 5.93. The third-order valence-electron chi connectivity index (χ3n) is 2.77. The van der Waals surface area contributed by atoms with Gasteiger partial charge in [0, 0.05) is 10.6 Å². The minimum absolute atomic E-state index is 0.690. The van der Waals surface area contributed by atoms with E-state index >= 15 is 0 Å². The van der Waals surface area contributed by atoms with Crippen LogP contribution in [0.4, 0.5) is 0 Å². The molecule has 0 aliphatic carbocycles. The molecule has 0 fully saturated rings. The van der Waals surface area contributed by atoms with Gasteiger partial charge in [0.25, 0.3) is 0 Å². The molecule has 1 unspecified atom stereocenters. The summed E-state index contributed by atoms with van der Waals surface area (Å²) in [5, 5.41) is 0. The maximum Gasteiger partial charge on any atom is 0.128 e. The van der Waals surface area contributed by atoms with E-state index in [1.54, 1.807) is 0 Å². The molecule has 0 saturated heterocycles. The van der Waals surface area contributed by atoms with Crippen molar-refractivity contribution in [3.8, 4) is 11.5 Å². The number of benzene rings is 2. The van der Waals surface area contributed by atoms with Crippen LogP contribution in [0.3, 0.4) is 0 Å². The Morgan fingerprint density at radius 1 is 1.05 bits per heavy atom. The number of rotatable bonds is 5. The highest BCUT2D eigenvalue weighted by Gasteiger charge is 2.08. The van der Waals surface area contributed by atoms with Crippen LogP contribution in [0.25, 0.3) is 0 Å². The molecule has 0 radical (unpaired) electrons. The lowest BCUT2D eigenvalue weighted by Crippen LogP contribution is -1.99. The Morgan fingerprint density at radius 3 is 2.47 bits per heavy atom. The molecule has 3 heteroatoms. The Balaban J connectivity index is 2.23. The van der Waals surface area contributed by atoms with Gasteiger partial charge < -0.3 is 4.74 Å². The van der Waals surface area contributed by atoms with Crippen LogP contribution in [0.15, 0.2) is 53.4 Å². The second-order valence-electron chi connectivity index (χ2n) is 4.39. The predicted molar refractivity (Wildman–Crippen MR) is 79.3 cm³/mol.